The fraction of sp³-hybridized carbons (Fsp3) is 0.233. The Morgan fingerprint density at radius 1 is 1.13 bits per heavy atom. The van der Waals surface area contributed by atoms with Crippen LogP contribution in [0.4, 0.5) is 5.69 Å². The lowest BCUT2D eigenvalue weighted by atomic mass is 10.0. The maximum Gasteiger partial charge on any atom is 0.249 e. The normalized spacial score (nSPS) is 12.1. The molecule has 0 aliphatic heterocycles. The van der Waals surface area contributed by atoms with Crippen molar-refractivity contribution in [3.63, 3.8) is 0 Å². The lowest BCUT2D eigenvalue weighted by molar-refractivity contribution is -0.127. The summed E-state index contributed by atoms with van der Waals surface area (Å²) in [5, 5.41) is 14.0. The summed E-state index contributed by atoms with van der Waals surface area (Å²) >= 11 is 6.51. The zero-order chi connectivity index (χ0) is 27.5. The van der Waals surface area contributed by atoms with E-state index in [2.05, 4.69) is 15.3 Å². The number of carbonyl (C=O) groups excluding carboxylic acids is 2. The van der Waals surface area contributed by atoms with Gasteiger partial charge >= 0.3 is 0 Å². The fourth-order valence-electron chi connectivity index (χ4n) is 5.11. The maximum atomic E-state index is 13.8. The van der Waals surface area contributed by atoms with E-state index in [-0.39, 0.29) is 25.0 Å². The number of amides is 2. The first-order chi connectivity index (χ1) is 18.9. The highest BCUT2D eigenvalue weighted by atomic mass is 35.5. The third-order valence-electron chi connectivity index (χ3n) is 7.13. The van der Waals surface area contributed by atoms with E-state index in [1.807, 2.05) is 72.2 Å². The van der Waals surface area contributed by atoms with Crippen molar-refractivity contribution in [1.29, 1.82) is 0 Å². The summed E-state index contributed by atoms with van der Waals surface area (Å²) in [4.78, 5) is 36.1. The van der Waals surface area contributed by atoms with Crippen molar-refractivity contribution >= 4 is 51.0 Å². The van der Waals surface area contributed by atoms with Crippen LogP contribution in [0.25, 0.3) is 21.9 Å². The Hall–Kier alpha value is -4.14. The fourth-order valence-corrected chi connectivity index (χ4v) is 5.39. The number of imidazole rings is 1. The number of fused-ring (bicyclic) bond motifs is 2. The van der Waals surface area contributed by atoms with Gasteiger partial charge in [0, 0.05) is 36.8 Å². The van der Waals surface area contributed by atoms with Crippen LogP contribution < -0.4 is 10.2 Å². The number of aliphatic hydroxyl groups is 1. The van der Waals surface area contributed by atoms with E-state index >= 15 is 0 Å². The van der Waals surface area contributed by atoms with Gasteiger partial charge in [-0.1, -0.05) is 48.0 Å². The van der Waals surface area contributed by atoms with Gasteiger partial charge in [-0.05, 0) is 54.8 Å². The summed E-state index contributed by atoms with van der Waals surface area (Å²) < 4.78 is 1.89. The number of hydrogen-bond donors (Lipinski definition) is 3. The van der Waals surface area contributed by atoms with E-state index < -0.39 is 6.04 Å². The summed E-state index contributed by atoms with van der Waals surface area (Å²) in [6.45, 7) is 1.90. The van der Waals surface area contributed by atoms with E-state index in [0.717, 1.165) is 38.8 Å². The predicted molar refractivity (Wildman–Crippen MR) is 154 cm³/mol. The number of halogens is 1. The van der Waals surface area contributed by atoms with Crippen LogP contribution in [0.5, 0.6) is 0 Å². The monoisotopic (exact) mass is 543 g/mol. The molecule has 2 amide bonds. The van der Waals surface area contributed by atoms with Gasteiger partial charge in [0.25, 0.3) is 0 Å². The molecular formula is C30H30ClN5O3. The quantitative estimate of drug-likeness (QED) is 0.256. The van der Waals surface area contributed by atoms with E-state index in [9.17, 15) is 14.7 Å². The molecule has 5 rings (SSSR count). The molecule has 9 heteroatoms. The van der Waals surface area contributed by atoms with Crippen molar-refractivity contribution in [1.82, 2.24) is 19.9 Å². The Bertz CT molecular complexity index is 1640. The average Bonchev–Trinajstić information content (AvgIpc) is 3.51. The summed E-state index contributed by atoms with van der Waals surface area (Å²) in [6, 6.07) is 19.9. The average molecular weight is 544 g/mol. The Morgan fingerprint density at radius 2 is 1.92 bits per heavy atom. The molecule has 3 aromatic carbocycles. The Morgan fingerprint density at radius 3 is 2.69 bits per heavy atom. The van der Waals surface area contributed by atoms with Gasteiger partial charge in [0.15, 0.2) is 0 Å². The second-order valence-corrected chi connectivity index (χ2v) is 9.98. The van der Waals surface area contributed by atoms with Crippen LogP contribution in [0.3, 0.4) is 0 Å². The van der Waals surface area contributed by atoms with Crippen LogP contribution in [0.2, 0.25) is 5.02 Å². The summed E-state index contributed by atoms with van der Waals surface area (Å²) in [7, 11) is 1.71. The van der Waals surface area contributed by atoms with E-state index in [0.29, 0.717) is 23.6 Å². The van der Waals surface area contributed by atoms with Crippen LogP contribution in [-0.2, 0) is 29.0 Å². The molecule has 0 aliphatic rings. The number of benzene rings is 3. The second kappa shape index (κ2) is 11.3. The van der Waals surface area contributed by atoms with Crippen LogP contribution in [-0.4, -0.2) is 51.2 Å². The van der Waals surface area contributed by atoms with Crippen LogP contribution in [0.1, 0.15) is 16.8 Å². The number of likely N-dealkylation sites (N-methyl/N-ethyl adjacent to an activating group) is 1. The zero-order valence-electron chi connectivity index (χ0n) is 21.8. The van der Waals surface area contributed by atoms with Gasteiger partial charge in [-0.2, -0.15) is 0 Å². The van der Waals surface area contributed by atoms with Crippen LogP contribution >= 0.6 is 11.6 Å². The minimum Gasteiger partial charge on any atom is -0.396 e. The number of hydrogen-bond acceptors (Lipinski definition) is 4. The topological polar surface area (TPSA) is 103 Å². The molecule has 1 atom stereocenters. The maximum absolute atomic E-state index is 13.8. The third-order valence-corrected chi connectivity index (χ3v) is 7.44. The molecule has 0 unspecified atom stereocenters. The van der Waals surface area contributed by atoms with Gasteiger partial charge in [0.05, 0.1) is 27.9 Å². The summed E-state index contributed by atoms with van der Waals surface area (Å²) in [6.07, 6.45) is 2.39. The number of anilines is 1. The lowest BCUT2D eigenvalue weighted by Crippen LogP contribution is -2.49. The van der Waals surface area contributed by atoms with Crippen LogP contribution in [0, 0.1) is 6.92 Å². The summed E-state index contributed by atoms with van der Waals surface area (Å²) in [5.74, 6) is -0.526. The van der Waals surface area contributed by atoms with Gasteiger partial charge in [0.1, 0.15) is 12.6 Å². The molecule has 5 aromatic rings. The highest BCUT2D eigenvalue weighted by Crippen LogP contribution is 2.32. The van der Waals surface area contributed by atoms with Gasteiger partial charge < -0.3 is 24.9 Å². The highest BCUT2D eigenvalue weighted by molar-refractivity contribution is 6.35. The number of aliphatic hydroxyl groups excluding tert-OH is 1. The van der Waals surface area contributed by atoms with Crippen molar-refractivity contribution in [3.05, 3.63) is 94.9 Å². The first-order valence-corrected chi connectivity index (χ1v) is 13.2. The zero-order valence-corrected chi connectivity index (χ0v) is 22.6. The molecular weight excluding hydrogens is 514 g/mol. The first-order valence-electron chi connectivity index (χ1n) is 12.8. The Labute approximate surface area is 231 Å². The number of rotatable bonds is 9. The molecule has 0 saturated carbocycles. The molecule has 0 radical (unpaired) electrons. The Balaban J connectivity index is 1.42. The predicted octanol–water partition coefficient (Wildman–Crippen LogP) is 4.40. The van der Waals surface area contributed by atoms with E-state index in [1.165, 1.54) is 0 Å². The number of nitrogens with zero attached hydrogens (tertiary/aromatic N) is 3. The van der Waals surface area contributed by atoms with Crippen molar-refractivity contribution < 1.29 is 14.7 Å². The number of aromatic nitrogens is 3. The number of aromatic amines is 1. The minimum absolute atomic E-state index is 0.0104. The molecule has 3 N–H and O–H groups in total. The molecule has 39 heavy (non-hydrogen) atoms. The third kappa shape index (κ3) is 5.39. The number of carbonyl (C=O) groups is 2. The number of nitrogens with one attached hydrogen (secondary N) is 2. The molecule has 2 aromatic heterocycles. The van der Waals surface area contributed by atoms with Crippen molar-refractivity contribution in [2.45, 2.75) is 32.4 Å². The smallest absolute Gasteiger partial charge is 0.249 e. The molecule has 0 bridgehead atoms. The second-order valence-electron chi connectivity index (χ2n) is 9.57. The van der Waals surface area contributed by atoms with Crippen molar-refractivity contribution in [3.8, 4) is 0 Å². The van der Waals surface area contributed by atoms with E-state index in [4.69, 9.17) is 11.6 Å². The molecule has 0 saturated heterocycles. The molecule has 0 fully saturated rings. The minimum atomic E-state index is -0.787. The van der Waals surface area contributed by atoms with Crippen molar-refractivity contribution in [2.75, 3.05) is 18.6 Å². The van der Waals surface area contributed by atoms with Gasteiger partial charge in [-0.25, -0.2) is 4.98 Å². The van der Waals surface area contributed by atoms with Crippen molar-refractivity contribution in [2.24, 2.45) is 0 Å². The van der Waals surface area contributed by atoms with Gasteiger partial charge in [-0.15, -0.1) is 0 Å². The summed E-state index contributed by atoms with van der Waals surface area (Å²) in [5.41, 5.74) is 5.85. The molecule has 0 spiro atoms. The highest BCUT2D eigenvalue weighted by Gasteiger charge is 2.26. The molecule has 200 valence electrons. The first kappa shape index (κ1) is 26.5. The molecule has 8 nitrogen and oxygen atoms in total. The van der Waals surface area contributed by atoms with Crippen LogP contribution in [0.15, 0.2) is 73.1 Å². The lowest BCUT2D eigenvalue weighted by Gasteiger charge is -2.25. The largest absolute Gasteiger partial charge is 0.396 e. The van der Waals surface area contributed by atoms with E-state index in [1.54, 1.807) is 24.3 Å². The molecule has 0 aliphatic carbocycles. The SMILES string of the molecule is Cc1c(CCO)c2c(Cl)cccc2n1CC(=O)N[C@@H](Cc1ccccc1)C(=O)N(C)c1ccc2nc[nH]c2c1. The molecule has 2 heterocycles. The Kier molecular flexibility index (Phi) is 7.67. The van der Waals surface area contributed by atoms with Gasteiger partial charge in [0.2, 0.25) is 11.8 Å². The standard InChI is InChI=1S/C30H30ClN5O3/c1-19-22(13-14-37)29-23(31)9-6-10-27(29)36(19)17-28(38)34-26(15-20-7-4-3-5-8-20)30(39)35(2)21-11-12-24-25(16-21)33-18-32-24/h3-12,16,18,26,37H,13-15,17H2,1-2H3,(H,32,33)(H,34,38)/t26-/m0/s1. The number of H-pyrrole nitrogens is 1. The van der Waals surface area contributed by atoms with Gasteiger partial charge in [-0.3, -0.25) is 9.59 Å².